The number of carbonyl (C=O) groups excluding carboxylic acids is 1. The van der Waals surface area contributed by atoms with Crippen LogP contribution in [0.15, 0.2) is 72.1 Å². The Morgan fingerprint density at radius 2 is 1.97 bits per heavy atom. The summed E-state index contributed by atoms with van der Waals surface area (Å²) in [6, 6.07) is 18.6. The fourth-order valence-electron chi connectivity index (χ4n) is 4.02. The standard InChI is InChI=1S/C24H24N4OS2/c29-22(17-30-24-25-12-14-28(24)15-18-7-2-1-3-8-18)27-13-6-9-19(16-27)23-26-20-10-4-5-11-21(20)31-23/h1-5,7-8,10-12,14,19H,6,9,13,15-17H2. The summed E-state index contributed by atoms with van der Waals surface area (Å²) in [5.41, 5.74) is 2.29. The first kappa shape index (κ1) is 20.3. The lowest BCUT2D eigenvalue weighted by atomic mass is 9.99. The van der Waals surface area contributed by atoms with Crippen LogP contribution in [0.25, 0.3) is 10.2 Å². The number of carbonyl (C=O) groups is 1. The molecule has 1 amide bonds. The van der Waals surface area contributed by atoms with Gasteiger partial charge in [-0.3, -0.25) is 4.79 Å². The predicted octanol–water partition coefficient (Wildman–Crippen LogP) is 5.04. The predicted molar refractivity (Wildman–Crippen MR) is 127 cm³/mol. The Labute approximate surface area is 190 Å². The van der Waals surface area contributed by atoms with Gasteiger partial charge in [-0.1, -0.05) is 54.2 Å². The third-order valence-corrected chi connectivity index (χ3v) is 7.82. The van der Waals surface area contributed by atoms with E-state index in [4.69, 9.17) is 4.98 Å². The van der Waals surface area contributed by atoms with Gasteiger partial charge in [-0.25, -0.2) is 9.97 Å². The van der Waals surface area contributed by atoms with Gasteiger partial charge in [0.1, 0.15) is 0 Å². The van der Waals surface area contributed by atoms with Crippen LogP contribution in [0.2, 0.25) is 0 Å². The summed E-state index contributed by atoms with van der Waals surface area (Å²) in [7, 11) is 0. The Hall–Kier alpha value is -2.64. The molecule has 0 saturated carbocycles. The second-order valence-corrected chi connectivity index (χ2v) is 9.82. The molecule has 0 aliphatic carbocycles. The summed E-state index contributed by atoms with van der Waals surface area (Å²) in [5.74, 6) is 0.934. The Bertz CT molecular complexity index is 1140. The Morgan fingerprint density at radius 3 is 2.84 bits per heavy atom. The van der Waals surface area contributed by atoms with E-state index in [0.29, 0.717) is 11.7 Å². The van der Waals surface area contributed by atoms with Crippen molar-refractivity contribution in [1.29, 1.82) is 0 Å². The molecule has 7 heteroatoms. The number of hydrogen-bond acceptors (Lipinski definition) is 5. The highest BCUT2D eigenvalue weighted by molar-refractivity contribution is 7.99. The van der Waals surface area contributed by atoms with Crippen LogP contribution < -0.4 is 0 Å². The SMILES string of the molecule is O=C(CSc1nccn1Cc1ccccc1)N1CCCC(c2nc3ccccc3s2)C1. The van der Waals surface area contributed by atoms with E-state index in [1.54, 1.807) is 17.5 Å². The summed E-state index contributed by atoms with van der Waals surface area (Å²) in [6.45, 7) is 2.36. The lowest BCUT2D eigenvalue weighted by molar-refractivity contribution is -0.129. The number of hydrogen-bond donors (Lipinski definition) is 0. The van der Waals surface area contributed by atoms with Gasteiger partial charge in [0.15, 0.2) is 5.16 Å². The molecule has 1 unspecified atom stereocenters. The molecule has 5 nitrogen and oxygen atoms in total. The number of thiazole rings is 1. The van der Waals surface area contributed by atoms with Gasteiger partial charge in [-0.2, -0.15) is 0 Å². The van der Waals surface area contributed by atoms with E-state index in [-0.39, 0.29) is 5.91 Å². The molecule has 2 aromatic heterocycles. The molecule has 1 atom stereocenters. The molecular formula is C24H24N4OS2. The number of piperidine rings is 1. The molecule has 0 radical (unpaired) electrons. The minimum Gasteiger partial charge on any atom is -0.341 e. The number of fused-ring (bicyclic) bond motifs is 1. The maximum absolute atomic E-state index is 13.0. The molecule has 4 aromatic rings. The highest BCUT2D eigenvalue weighted by Crippen LogP contribution is 2.33. The molecule has 0 N–H and O–H groups in total. The van der Waals surface area contributed by atoms with Crippen LogP contribution in [-0.4, -0.2) is 44.2 Å². The van der Waals surface area contributed by atoms with Crippen molar-refractivity contribution >= 4 is 39.2 Å². The molecular weight excluding hydrogens is 424 g/mol. The van der Waals surface area contributed by atoms with Crippen LogP contribution in [0, 0.1) is 0 Å². The van der Waals surface area contributed by atoms with Crippen molar-refractivity contribution in [3.8, 4) is 0 Å². The summed E-state index contributed by atoms with van der Waals surface area (Å²) in [6.07, 6.45) is 5.90. The van der Waals surface area contributed by atoms with Crippen molar-refractivity contribution in [2.45, 2.75) is 30.5 Å². The number of para-hydroxylation sites is 1. The van der Waals surface area contributed by atoms with Gasteiger partial charge in [-0.05, 0) is 30.5 Å². The monoisotopic (exact) mass is 448 g/mol. The first-order chi connectivity index (χ1) is 15.3. The lowest BCUT2D eigenvalue weighted by Crippen LogP contribution is -2.40. The second-order valence-electron chi connectivity index (χ2n) is 7.81. The summed E-state index contributed by atoms with van der Waals surface area (Å²) in [4.78, 5) is 24.3. The number of benzene rings is 2. The van der Waals surface area contributed by atoms with Crippen LogP contribution in [0.1, 0.15) is 29.3 Å². The summed E-state index contributed by atoms with van der Waals surface area (Å²) >= 11 is 3.29. The average molecular weight is 449 g/mol. The molecule has 1 saturated heterocycles. The van der Waals surface area contributed by atoms with E-state index in [2.05, 4.69) is 39.9 Å². The first-order valence-corrected chi connectivity index (χ1v) is 12.4. The van der Waals surface area contributed by atoms with Crippen molar-refractivity contribution in [3.05, 3.63) is 77.6 Å². The van der Waals surface area contributed by atoms with Gasteiger partial charge in [0.05, 0.1) is 21.0 Å². The van der Waals surface area contributed by atoms with Gasteiger partial charge < -0.3 is 9.47 Å². The van der Waals surface area contributed by atoms with Crippen molar-refractivity contribution < 1.29 is 4.79 Å². The van der Waals surface area contributed by atoms with E-state index >= 15 is 0 Å². The van der Waals surface area contributed by atoms with Crippen LogP contribution >= 0.6 is 23.1 Å². The Balaban J connectivity index is 1.20. The normalized spacial score (nSPS) is 16.6. The summed E-state index contributed by atoms with van der Waals surface area (Å²) < 4.78 is 3.33. The number of imidazole rings is 1. The number of likely N-dealkylation sites (tertiary alicyclic amines) is 1. The molecule has 1 aliphatic heterocycles. The molecule has 0 bridgehead atoms. The van der Waals surface area contributed by atoms with Crippen molar-refractivity contribution in [3.63, 3.8) is 0 Å². The van der Waals surface area contributed by atoms with Crippen LogP contribution in [-0.2, 0) is 11.3 Å². The zero-order valence-corrected chi connectivity index (χ0v) is 18.8. The highest BCUT2D eigenvalue weighted by Gasteiger charge is 2.27. The lowest BCUT2D eigenvalue weighted by Gasteiger charge is -2.31. The van der Waals surface area contributed by atoms with Crippen molar-refractivity contribution in [2.24, 2.45) is 0 Å². The quantitative estimate of drug-likeness (QED) is 0.388. The van der Waals surface area contributed by atoms with Crippen LogP contribution in [0.5, 0.6) is 0 Å². The number of aromatic nitrogens is 3. The minimum atomic E-state index is 0.185. The fourth-order valence-corrected chi connectivity index (χ4v) is 5.98. The molecule has 5 rings (SSSR count). The van der Waals surface area contributed by atoms with Gasteiger partial charge in [0.25, 0.3) is 0 Å². The molecule has 0 spiro atoms. The van der Waals surface area contributed by atoms with E-state index in [1.165, 1.54) is 22.0 Å². The van der Waals surface area contributed by atoms with E-state index in [9.17, 15) is 4.79 Å². The third-order valence-electron chi connectivity index (χ3n) is 5.63. The van der Waals surface area contributed by atoms with E-state index in [0.717, 1.165) is 48.2 Å². The average Bonchev–Trinajstić information content (AvgIpc) is 3.45. The van der Waals surface area contributed by atoms with E-state index < -0.39 is 0 Å². The molecule has 31 heavy (non-hydrogen) atoms. The van der Waals surface area contributed by atoms with Gasteiger partial charge in [0.2, 0.25) is 5.91 Å². The van der Waals surface area contributed by atoms with Crippen molar-refractivity contribution in [1.82, 2.24) is 19.4 Å². The largest absolute Gasteiger partial charge is 0.341 e. The Morgan fingerprint density at radius 1 is 1.13 bits per heavy atom. The number of nitrogens with zero attached hydrogens (tertiary/aromatic N) is 4. The Kier molecular flexibility index (Phi) is 6.04. The second kappa shape index (κ2) is 9.24. The summed E-state index contributed by atoms with van der Waals surface area (Å²) in [5, 5.41) is 2.04. The van der Waals surface area contributed by atoms with Gasteiger partial charge in [-0.15, -0.1) is 11.3 Å². The number of amides is 1. The van der Waals surface area contributed by atoms with Crippen LogP contribution in [0.3, 0.4) is 0 Å². The maximum Gasteiger partial charge on any atom is 0.233 e. The molecule has 158 valence electrons. The number of thioether (sulfide) groups is 1. The maximum atomic E-state index is 13.0. The number of rotatable bonds is 6. The van der Waals surface area contributed by atoms with Gasteiger partial charge >= 0.3 is 0 Å². The van der Waals surface area contributed by atoms with E-state index in [1.807, 2.05) is 35.4 Å². The highest BCUT2D eigenvalue weighted by atomic mass is 32.2. The molecule has 1 aliphatic rings. The third kappa shape index (κ3) is 4.67. The molecule has 1 fully saturated rings. The van der Waals surface area contributed by atoms with Crippen LogP contribution in [0.4, 0.5) is 0 Å². The first-order valence-electron chi connectivity index (χ1n) is 10.6. The smallest absolute Gasteiger partial charge is 0.233 e. The zero-order valence-electron chi connectivity index (χ0n) is 17.2. The fraction of sp³-hybridized carbons (Fsp3) is 0.292. The molecule has 3 heterocycles. The molecule has 2 aromatic carbocycles. The van der Waals surface area contributed by atoms with Crippen molar-refractivity contribution in [2.75, 3.05) is 18.8 Å². The minimum absolute atomic E-state index is 0.185. The van der Waals surface area contributed by atoms with Gasteiger partial charge in [0, 0.05) is 37.9 Å². The zero-order chi connectivity index (χ0) is 21.0. The topological polar surface area (TPSA) is 51.0 Å².